The van der Waals surface area contributed by atoms with Gasteiger partial charge in [0.2, 0.25) is 0 Å². The Morgan fingerprint density at radius 2 is 1.89 bits per heavy atom. The summed E-state index contributed by atoms with van der Waals surface area (Å²) >= 11 is 1.59. The first-order valence-electron chi connectivity index (χ1n) is 11.7. The summed E-state index contributed by atoms with van der Waals surface area (Å²) in [6, 6.07) is 7.40. The van der Waals surface area contributed by atoms with E-state index in [0.29, 0.717) is 49.0 Å². The van der Waals surface area contributed by atoms with E-state index in [2.05, 4.69) is 20.1 Å². The maximum absolute atomic E-state index is 13.2. The number of aliphatic hydroxyl groups excluding tert-OH is 1. The second-order valence-corrected chi connectivity index (χ2v) is 9.85. The molecule has 0 bridgehead atoms. The van der Waals surface area contributed by atoms with Crippen LogP contribution in [0.1, 0.15) is 23.3 Å². The van der Waals surface area contributed by atoms with Crippen molar-refractivity contribution in [2.45, 2.75) is 18.9 Å². The number of nitrogens with zero attached hydrogens (tertiary/aromatic N) is 6. The fourth-order valence-electron chi connectivity index (χ4n) is 4.46. The van der Waals surface area contributed by atoms with Crippen molar-refractivity contribution in [2.75, 3.05) is 72.5 Å². The molecule has 3 aliphatic rings. The monoisotopic (exact) mass is 515 g/mol. The van der Waals surface area contributed by atoms with E-state index in [9.17, 15) is 9.90 Å². The third kappa shape index (κ3) is 4.88. The molecule has 0 saturated carbocycles. The van der Waals surface area contributed by atoms with Crippen molar-refractivity contribution < 1.29 is 14.6 Å². The first-order valence-corrected chi connectivity index (χ1v) is 12.6. The zero-order chi connectivity index (χ0) is 23.1. The Morgan fingerprint density at radius 3 is 2.60 bits per heavy atom. The van der Waals surface area contributed by atoms with Crippen molar-refractivity contribution in [1.82, 2.24) is 15.0 Å². The molecule has 3 aromatic rings. The van der Waals surface area contributed by atoms with Crippen molar-refractivity contribution in [1.29, 1.82) is 0 Å². The first kappa shape index (κ1) is 24.0. The molecule has 0 aliphatic carbocycles. The number of nitrogens with one attached hydrogen (secondary N) is 1. The molecule has 3 saturated heterocycles. The third-order valence-corrected chi connectivity index (χ3v) is 7.54. The number of hydrogen-bond donors (Lipinski definition) is 2. The predicted octanol–water partition coefficient (Wildman–Crippen LogP) is 2.07. The van der Waals surface area contributed by atoms with Gasteiger partial charge in [0.25, 0.3) is 5.91 Å². The lowest BCUT2D eigenvalue weighted by atomic mass is 10.2. The molecule has 3 fully saturated rings. The fourth-order valence-corrected chi connectivity index (χ4v) is 5.46. The predicted molar refractivity (Wildman–Crippen MR) is 143 cm³/mol. The van der Waals surface area contributed by atoms with Crippen LogP contribution in [0, 0.1) is 0 Å². The second kappa shape index (κ2) is 10.1. The maximum Gasteiger partial charge on any atom is 0.274 e. The Kier molecular flexibility index (Phi) is 6.96. The molecule has 6 heterocycles. The van der Waals surface area contributed by atoms with Crippen LogP contribution in [0.5, 0.6) is 0 Å². The molecular formula is C23H29N7O3S2. The van der Waals surface area contributed by atoms with Gasteiger partial charge in [0, 0.05) is 39.3 Å². The summed E-state index contributed by atoms with van der Waals surface area (Å²) in [4.78, 5) is 33.8. The number of rotatable bonds is 5. The van der Waals surface area contributed by atoms with Gasteiger partial charge in [-0.15, -0.1) is 0 Å². The number of aromatic nitrogens is 3. The van der Waals surface area contributed by atoms with Crippen molar-refractivity contribution in [2.24, 2.45) is 0 Å². The Balaban J connectivity index is 0.00000253. The summed E-state index contributed by atoms with van der Waals surface area (Å²) < 4.78 is 6.40. The number of amides is 1. The summed E-state index contributed by atoms with van der Waals surface area (Å²) in [7, 11) is 0. The highest BCUT2D eigenvalue weighted by molar-refractivity contribution is 7.59. The van der Waals surface area contributed by atoms with Gasteiger partial charge >= 0.3 is 0 Å². The standard InChI is InChI=1S/C23H27N7O3S.H2S/c31-15-5-8-30(14-15)19-4-1-3-16(24-19)22(32)25-17-13-18-20(26-21(17)28-6-2-7-28)27-23(34-18)29-9-11-33-12-10-29;/h1,3-4,13,15,31H,2,5-12,14H2,(H,25,32);1H2/t15-;/m0./s1. The lowest BCUT2D eigenvalue weighted by molar-refractivity contribution is 0.102. The van der Waals surface area contributed by atoms with Crippen molar-refractivity contribution in [3.63, 3.8) is 0 Å². The van der Waals surface area contributed by atoms with E-state index in [1.165, 1.54) is 0 Å². The highest BCUT2D eigenvalue weighted by Gasteiger charge is 2.25. The first-order chi connectivity index (χ1) is 16.6. The molecule has 0 spiro atoms. The van der Waals surface area contributed by atoms with Crippen molar-refractivity contribution in [3.05, 3.63) is 30.0 Å². The number of ether oxygens (including phenoxy) is 1. The van der Waals surface area contributed by atoms with Crippen LogP contribution in [-0.2, 0) is 4.74 Å². The van der Waals surface area contributed by atoms with Crippen LogP contribution in [0.4, 0.5) is 22.5 Å². The Hall–Kier alpha value is -2.67. The summed E-state index contributed by atoms with van der Waals surface area (Å²) in [5.41, 5.74) is 1.73. The molecule has 0 radical (unpaired) electrons. The maximum atomic E-state index is 13.2. The van der Waals surface area contributed by atoms with Crippen molar-refractivity contribution >= 4 is 63.5 Å². The zero-order valence-corrected chi connectivity index (χ0v) is 21.1. The minimum atomic E-state index is -0.349. The minimum absolute atomic E-state index is 0. The van der Waals surface area contributed by atoms with Gasteiger partial charge in [-0.05, 0) is 31.0 Å². The topological polar surface area (TPSA) is 107 Å². The number of carbonyl (C=O) groups is 1. The van der Waals surface area contributed by atoms with Gasteiger partial charge in [0.05, 0.1) is 29.7 Å². The number of anilines is 4. The normalized spacial score (nSPS) is 20.0. The highest BCUT2D eigenvalue weighted by Crippen LogP contribution is 2.36. The quantitative estimate of drug-likeness (QED) is 0.528. The molecule has 12 heteroatoms. The largest absolute Gasteiger partial charge is 0.391 e. The Bertz CT molecular complexity index is 1210. The van der Waals surface area contributed by atoms with E-state index in [0.717, 1.165) is 54.8 Å². The molecule has 0 aromatic carbocycles. The number of pyridine rings is 2. The Labute approximate surface area is 214 Å². The SMILES string of the molecule is O=C(Nc1cc2sc(N3CCOCC3)nc2nc1N1CCC1)c1cccc(N2CC[C@H](O)C2)n1.S. The third-order valence-electron chi connectivity index (χ3n) is 6.49. The number of carbonyl (C=O) groups excluding carboxylic acids is 1. The molecule has 10 nitrogen and oxygen atoms in total. The van der Waals surface area contributed by atoms with Crippen LogP contribution in [0.2, 0.25) is 0 Å². The minimum Gasteiger partial charge on any atom is -0.391 e. The van der Waals surface area contributed by atoms with E-state index in [-0.39, 0.29) is 25.5 Å². The summed E-state index contributed by atoms with van der Waals surface area (Å²) in [6.45, 7) is 6.12. The molecule has 3 aromatic heterocycles. The van der Waals surface area contributed by atoms with E-state index in [4.69, 9.17) is 14.7 Å². The van der Waals surface area contributed by atoms with E-state index in [1.807, 2.05) is 23.1 Å². The van der Waals surface area contributed by atoms with Gasteiger partial charge in [-0.3, -0.25) is 4.79 Å². The molecule has 1 amide bonds. The molecule has 186 valence electrons. The number of hydrogen-bond acceptors (Lipinski definition) is 10. The molecule has 1 atom stereocenters. The van der Waals surface area contributed by atoms with Crippen LogP contribution in [-0.4, -0.2) is 84.6 Å². The lowest BCUT2D eigenvalue weighted by Gasteiger charge is -2.33. The number of β-amino-alcohol motifs (C(OH)–C–C–N with tert-alkyl or cyclic N) is 1. The van der Waals surface area contributed by atoms with Crippen LogP contribution in [0.3, 0.4) is 0 Å². The van der Waals surface area contributed by atoms with E-state index < -0.39 is 0 Å². The van der Waals surface area contributed by atoms with E-state index >= 15 is 0 Å². The molecule has 2 N–H and O–H groups in total. The number of morpholine rings is 1. The summed E-state index contributed by atoms with van der Waals surface area (Å²) in [6.07, 6.45) is 1.47. The zero-order valence-electron chi connectivity index (χ0n) is 19.3. The molecule has 35 heavy (non-hydrogen) atoms. The average Bonchev–Trinajstić information content (AvgIpc) is 3.45. The number of thiazole rings is 1. The van der Waals surface area contributed by atoms with Crippen LogP contribution in [0.15, 0.2) is 24.3 Å². The van der Waals surface area contributed by atoms with E-state index in [1.54, 1.807) is 17.4 Å². The number of aliphatic hydroxyl groups is 1. The van der Waals surface area contributed by atoms with Crippen LogP contribution < -0.4 is 20.0 Å². The average molecular weight is 516 g/mol. The molecular weight excluding hydrogens is 486 g/mol. The molecule has 3 aliphatic heterocycles. The van der Waals surface area contributed by atoms with Gasteiger partial charge in [0.1, 0.15) is 11.5 Å². The van der Waals surface area contributed by atoms with Gasteiger partial charge in [-0.2, -0.15) is 18.5 Å². The molecule has 6 rings (SSSR count). The Morgan fingerprint density at radius 1 is 1.06 bits per heavy atom. The van der Waals surface area contributed by atoms with Gasteiger partial charge in [-0.25, -0.2) is 9.97 Å². The molecule has 0 unspecified atom stereocenters. The van der Waals surface area contributed by atoms with Crippen LogP contribution >= 0.6 is 24.8 Å². The van der Waals surface area contributed by atoms with Crippen LogP contribution in [0.25, 0.3) is 10.3 Å². The second-order valence-electron chi connectivity index (χ2n) is 8.84. The lowest BCUT2D eigenvalue weighted by Crippen LogP contribution is -2.38. The highest BCUT2D eigenvalue weighted by atomic mass is 32.1. The van der Waals surface area contributed by atoms with Gasteiger partial charge in [-0.1, -0.05) is 17.4 Å². The smallest absolute Gasteiger partial charge is 0.274 e. The fraction of sp³-hybridized carbons (Fsp3) is 0.478. The van der Waals surface area contributed by atoms with Crippen molar-refractivity contribution in [3.8, 4) is 0 Å². The summed E-state index contributed by atoms with van der Waals surface area (Å²) in [5.74, 6) is 1.19. The van der Waals surface area contributed by atoms with Gasteiger partial charge < -0.3 is 29.9 Å². The number of fused-ring (bicyclic) bond motifs is 1. The summed E-state index contributed by atoms with van der Waals surface area (Å²) in [5, 5.41) is 13.8. The van der Waals surface area contributed by atoms with Gasteiger partial charge in [0.15, 0.2) is 16.6 Å².